The second-order valence-corrected chi connectivity index (χ2v) is 6.50. The molecule has 0 radical (unpaired) electrons. The van der Waals surface area contributed by atoms with Gasteiger partial charge in [-0.25, -0.2) is 10.4 Å². The Hall–Kier alpha value is -2.71. The number of carbonyl (C=O) groups excluding carboxylic acids is 1. The first-order valence-electron chi connectivity index (χ1n) is 8.33. The summed E-state index contributed by atoms with van der Waals surface area (Å²) in [5.41, 5.74) is 4.03. The fourth-order valence-corrected chi connectivity index (χ4v) is 2.82. The van der Waals surface area contributed by atoms with Crippen LogP contribution in [0.5, 0.6) is 0 Å². The second-order valence-electron chi connectivity index (χ2n) is 6.09. The van der Waals surface area contributed by atoms with E-state index in [4.69, 9.17) is 16.3 Å². The Kier molecular flexibility index (Phi) is 5.81. The van der Waals surface area contributed by atoms with Crippen molar-refractivity contribution in [3.63, 3.8) is 0 Å². The fraction of sp³-hybridized carbons (Fsp3) is 0.211. The van der Waals surface area contributed by atoms with Crippen molar-refractivity contribution in [2.75, 3.05) is 16.9 Å². The van der Waals surface area contributed by atoms with Crippen LogP contribution in [0.3, 0.4) is 0 Å². The molecule has 0 fully saturated rings. The lowest BCUT2D eigenvalue weighted by molar-refractivity contribution is -0.142. The number of halogens is 4. The molecule has 5 nitrogen and oxygen atoms in total. The van der Waals surface area contributed by atoms with E-state index < -0.39 is 24.7 Å². The van der Waals surface area contributed by atoms with E-state index in [0.717, 1.165) is 16.6 Å². The summed E-state index contributed by atoms with van der Waals surface area (Å²) in [6.45, 7) is 1.36. The van der Waals surface area contributed by atoms with Gasteiger partial charge in [-0.15, -0.1) is 0 Å². The number of hydrogen-bond acceptors (Lipinski definition) is 4. The van der Waals surface area contributed by atoms with E-state index in [1.807, 2.05) is 19.1 Å². The van der Waals surface area contributed by atoms with Crippen molar-refractivity contribution >= 4 is 28.9 Å². The summed E-state index contributed by atoms with van der Waals surface area (Å²) in [5, 5.41) is 3.98. The molecule has 0 saturated heterocycles. The van der Waals surface area contributed by atoms with Gasteiger partial charge in [0.25, 0.3) is 5.91 Å². The zero-order chi connectivity index (χ0) is 20.3. The number of hydrazine groups is 1. The number of benzene rings is 2. The molecule has 0 aliphatic carbocycles. The zero-order valence-electron chi connectivity index (χ0n) is 14.8. The number of para-hydroxylation sites is 2. The Morgan fingerprint density at radius 2 is 1.89 bits per heavy atom. The topological polar surface area (TPSA) is 53.6 Å². The molecule has 1 heterocycles. The maximum absolute atomic E-state index is 13.2. The third kappa shape index (κ3) is 4.58. The molecule has 0 aromatic heterocycles. The number of nitrogens with one attached hydrogen (secondary N) is 2. The van der Waals surface area contributed by atoms with Crippen molar-refractivity contribution in [2.24, 2.45) is 0 Å². The number of carbonyl (C=O) groups is 1. The van der Waals surface area contributed by atoms with Gasteiger partial charge in [0.1, 0.15) is 6.04 Å². The molecule has 2 N–H and O–H groups in total. The van der Waals surface area contributed by atoms with Crippen LogP contribution in [-0.2, 0) is 9.53 Å². The van der Waals surface area contributed by atoms with Gasteiger partial charge in [0, 0.05) is 11.8 Å². The highest BCUT2D eigenvalue weighted by molar-refractivity contribution is 6.33. The standard InChI is InChI=1S/C19H17ClF3N3O2/c1-12-6-2-4-8-14(12)24-17(27)11-28-18-10-16(19(21,22)23)25-26(18)15-9-5-3-7-13(15)20/h2-10,16,25H,11H2,1H3,(H,24,27). The average Bonchev–Trinajstić information content (AvgIpc) is 3.07. The minimum atomic E-state index is -4.53. The molecule has 2 aromatic rings. The minimum absolute atomic E-state index is 0.157. The Labute approximate surface area is 164 Å². The van der Waals surface area contributed by atoms with E-state index in [1.54, 1.807) is 36.4 Å². The SMILES string of the molecule is Cc1ccccc1NC(=O)COC1=CC(C(F)(F)F)NN1c1ccccc1Cl. The van der Waals surface area contributed by atoms with Gasteiger partial charge in [0.15, 0.2) is 6.61 Å². The van der Waals surface area contributed by atoms with Gasteiger partial charge in [-0.05, 0) is 30.7 Å². The van der Waals surface area contributed by atoms with Crippen molar-refractivity contribution in [2.45, 2.75) is 19.1 Å². The van der Waals surface area contributed by atoms with Gasteiger partial charge >= 0.3 is 6.18 Å². The highest BCUT2D eigenvalue weighted by atomic mass is 35.5. The normalized spacial score (nSPS) is 16.7. The summed E-state index contributed by atoms with van der Waals surface area (Å²) in [5.74, 6) is -0.653. The largest absolute Gasteiger partial charge is 0.468 e. The Morgan fingerprint density at radius 3 is 2.57 bits per heavy atom. The first kappa shape index (κ1) is 20.0. The average molecular weight is 412 g/mol. The maximum Gasteiger partial charge on any atom is 0.409 e. The summed E-state index contributed by atoms with van der Waals surface area (Å²) in [7, 11) is 0. The number of hydrogen-bond donors (Lipinski definition) is 2. The predicted octanol–water partition coefficient (Wildman–Crippen LogP) is 4.40. The molecule has 28 heavy (non-hydrogen) atoms. The molecule has 1 unspecified atom stereocenters. The molecular weight excluding hydrogens is 395 g/mol. The molecule has 3 rings (SSSR count). The monoisotopic (exact) mass is 411 g/mol. The predicted molar refractivity (Wildman–Crippen MR) is 101 cm³/mol. The summed E-state index contributed by atoms with van der Waals surface area (Å²) >= 11 is 6.09. The van der Waals surface area contributed by atoms with Crippen LogP contribution in [0, 0.1) is 6.92 Å². The molecular formula is C19H17ClF3N3O2. The molecule has 0 saturated carbocycles. The molecule has 1 atom stereocenters. The second kappa shape index (κ2) is 8.12. The zero-order valence-corrected chi connectivity index (χ0v) is 15.5. The molecule has 9 heteroatoms. The molecule has 2 aromatic carbocycles. The number of anilines is 2. The van der Waals surface area contributed by atoms with Gasteiger partial charge in [-0.1, -0.05) is 41.9 Å². The van der Waals surface area contributed by atoms with Gasteiger partial charge in [-0.2, -0.15) is 13.2 Å². The molecule has 0 bridgehead atoms. The van der Waals surface area contributed by atoms with Crippen molar-refractivity contribution < 1.29 is 22.7 Å². The van der Waals surface area contributed by atoms with Gasteiger partial charge in [-0.3, -0.25) is 4.79 Å². The van der Waals surface area contributed by atoms with Crippen LogP contribution in [0.2, 0.25) is 5.02 Å². The van der Waals surface area contributed by atoms with Crippen LogP contribution >= 0.6 is 11.6 Å². The van der Waals surface area contributed by atoms with Crippen LogP contribution < -0.4 is 15.8 Å². The summed E-state index contributed by atoms with van der Waals surface area (Å²) in [6.07, 6.45) is -3.67. The highest BCUT2D eigenvalue weighted by Crippen LogP contribution is 2.33. The Morgan fingerprint density at radius 1 is 1.21 bits per heavy atom. The first-order valence-corrected chi connectivity index (χ1v) is 8.71. The van der Waals surface area contributed by atoms with Crippen LogP contribution in [0.15, 0.2) is 60.5 Å². The molecule has 0 spiro atoms. The Balaban J connectivity index is 1.74. The summed E-state index contributed by atoms with van der Waals surface area (Å²) < 4.78 is 44.8. The number of nitrogens with zero attached hydrogens (tertiary/aromatic N) is 1. The number of aryl methyl sites for hydroxylation is 1. The van der Waals surface area contributed by atoms with Crippen LogP contribution in [0.4, 0.5) is 24.5 Å². The van der Waals surface area contributed by atoms with Crippen LogP contribution in [0.1, 0.15) is 5.56 Å². The van der Waals surface area contributed by atoms with Crippen LogP contribution in [0.25, 0.3) is 0 Å². The van der Waals surface area contributed by atoms with Crippen molar-refractivity contribution in [3.05, 3.63) is 71.1 Å². The van der Waals surface area contributed by atoms with Gasteiger partial charge in [0.2, 0.25) is 5.88 Å². The summed E-state index contributed by atoms with van der Waals surface area (Å²) in [6, 6.07) is 11.6. The van der Waals surface area contributed by atoms with Crippen molar-refractivity contribution in [3.8, 4) is 0 Å². The minimum Gasteiger partial charge on any atom is -0.468 e. The summed E-state index contributed by atoms with van der Waals surface area (Å²) in [4.78, 5) is 12.2. The lowest BCUT2D eigenvalue weighted by Gasteiger charge is -2.25. The van der Waals surface area contributed by atoms with Gasteiger partial charge < -0.3 is 10.1 Å². The number of alkyl halides is 3. The number of ether oxygens (including phenoxy) is 1. The molecule has 1 amide bonds. The van der Waals surface area contributed by atoms with E-state index >= 15 is 0 Å². The highest BCUT2D eigenvalue weighted by Gasteiger charge is 2.44. The van der Waals surface area contributed by atoms with E-state index in [2.05, 4.69) is 10.7 Å². The first-order chi connectivity index (χ1) is 13.3. The molecule has 148 valence electrons. The van der Waals surface area contributed by atoms with E-state index in [9.17, 15) is 18.0 Å². The van der Waals surface area contributed by atoms with E-state index in [0.29, 0.717) is 5.69 Å². The fourth-order valence-electron chi connectivity index (χ4n) is 2.60. The third-order valence-corrected chi connectivity index (χ3v) is 4.33. The van der Waals surface area contributed by atoms with Crippen molar-refractivity contribution in [1.29, 1.82) is 0 Å². The molecule has 1 aliphatic rings. The lowest BCUT2D eigenvalue weighted by atomic mass is 10.2. The van der Waals surface area contributed by atoms with E-state index in [1.165, 1.54) is 0 Å². The third-order valence-electron chi connectivity index (χ3n) is 4.01. The van der Waals surface area contributed by atoms with E-state index in [-0.39, 0.29) is 16.6 Å². The number of rotatable bonds is 5. The van der Waals surface area contributed by atoms with Gasteiger partial charge in [0.05, 0.1) is 10.7 Å². The van der Waals surface area contributed by atoms with Crippen molar-refractivity contribution in [1.82, 2.24) is 5.43 Å². The number of amides is 1. The Bertz CT molecular complexity index is 902. The smallest absolute Gasteiger partial charge is 0.409 e. The quantitative estimate of drug-likeness (QED) is 0.765. The lowest BCUT2D eigenvalue weighted by Crippen LogP contribution is -2.45. The molecule has 1 aliphatic heterocycles. The maximum atomic E-state index is 13.2. The van der Waals surface area contributed by atoms with Crippen LogP contribution in [-0.4, -0.2) is 24.7 Å².